The number of methoxy groups -OCH3 is 2. The summed E-state index contributed by atoms with van der Waals surface area (Å²) in [5, 5.41) is 2.88. The van der Waals surface area contributed by atoms with Crippen LogP contribution >= 0.6 is 0 Å². The number of hydrogen-bond acceptors (Lipinski definition) is 10. The number of hydrogen-bond donors (Lipinski definition) is 1. The van der Waals surface area contributed by atoms with E-state index >= 15 is 0 Å². The Morgan fingerprint density at radius 1 is 0.940 bits per heavy atom. The molecule has 2 heterocycles. The quantitative estimate of drug-likeness (QED) is 0.143. The van der Waals surface area contributed by atoms with Gasteiger partial charge in [0.1, 0.15) is 23.0 Å². The molecule has 1 fully saturated rings. The summed E-state index contributed by atoms with van der Waals surface area (Å²) in [6.07, 6.45) is 4.49. The van der Waals surface area contributed by atoms with Gasteiger partial charge in [-0.25, -0.2) is 4.98 Å². The fraction of sp³-hybridized carbons (Fsp3) is 0.432. The Morgan fingerprint density at radius 3 is 2.34 bits per heavy atom. The number of fused-ring (bicyclic) bond motifs is 1. The molecule has 1 atom stereocenters. The van der Waals surface area contributed by atoms with Gasteiger partial charge in [-0.1, -0.05) is 6.07 Å². The summed E-state index contributed by atoms with van der Waals surface area (Å²) in [7, 11) is 4.82. The van der Waals surface area contributed by atoms with E-state index in [1.54, 1.807) is 52.6 Å². The Bertz CT molecular complexity index is 1830. The van der Waals surface area contributed by atoms with E-state index in [4.69, 9.17) is 14.2 Å². The first-order valence-electron chi connectivity index (χ1n) is 16.7. The first-order chi connectivity index (χ1) is 24.0. The molecule has 0 saturated heterocycles. The minimum absolute atomic E-state index is 0.0963. The van der Waals surface area contributed by atoms with Crippen LogP contribution in [0.2, 0.25) is 0 Å². The maximum Gasteiger partial charge on any atom is 0.271 e. The van der Waals surface area contributed by atoms with E-state index in [0.717, 1.165) is 21.6 Å². The zero-order chi connectivity index (χ0) is 35.9. The summed E-state index contributed by atoms with van der Waals surface area (Å²) in [6, 6.07) is 7.93. The van der Waals surface area contributed by atoms with Gasteiger partial charge in [-0.2, -0.15) is 0 Å². The summed E-state index contributed by atoms with van der Waals surface area (Å²) >= 11 is 0. The van der Waals surface area contributed by atoms with Gasteiger partial charge >= 0.3 is 0 Å². The smallest absolute Gasteiger partial charge is 0.271 e. The summed E-state index contributed by atoms with van der Waals surface area (Å²) in [5.74, 6) is -0.414. The van der Waals surface area contributed by atoms with Crippen molar-refractivity contribution >= 4 is 29.3 Å². The van der Waals surface area contributed by atoms with Crippen molar-refractivity contribution in [2.24, 2.45) is 7.05 Å². The summed E-state index contributed by atoms with van der Waals surface area (Å²) in [5.41, 5.74) is 3.86. The van der Waals surface area contributed by atoms with Gasteiger partial charge in [0, 0.05) is 50.4 Å². The molecule has 1 saturated carbocycles. The number of ether oxygens (including phenoxy) is 3. The van der Waals surface area contributed by atoms with Gasteiger partial charge < -0.3 is 24.1 Å². The summed E-state index contributed by atoms with van der Waals surface area (Å²) in [6.45, 7) is 2.82. The molecule has 0 bridgehead atoms. The molecule has 3 amide bonds. The van der Waals surface area contributed by atoms with Crippen molar-refractivity contribution in [2.45, 2.75) is 64.3 Å². The average molecular weight is 687 g/mol. The highest BCUT2D eigenvalue weighted by Crippen LogP contribution is 2.35. The van der Waals surface area contributed by atoms with Gasteiger partial charge in [0.2, 0.25) is 5.91 Å². The summed E-state index contributed by atoms with van der Waals surface area (Å²) in [4.78, 5) is 80.0. The maximum atomic E-state index is 13.1. The van der Waals surface area contributed by atoms with Crippen molar-refractivity contribution in [2.75, 3.05) is 34.0 Å². The molecule has 13 heteroatoms. The van der Waals surface area contributed by atoms with E-state index in [0.29, 0.717) is 74.7 Å². The number of carbonyl (C=O) groups excluding carboxylic acids is 5. The zero-order valence-electron chi connectivity index (χ0n) is 28.8. The molecule has 0 spiro atoms. The number of imide groups is 1. The predicted molar refractivity (Wildman–Crippen MR) is 182 cm³/mol. The largest absolute Gasteiger partial charge is 0.496 e. The number of Topliss-reactive ketones (excluding diaryl/α,β-unsaturated/α-hetero) is 2. The van der Waals surface area contributed by atoms with Crippen LogP contribution in [0.1, 0.15) is 76.1 Å². The van der Waals surface area contributed by atoms with Crippen molar-refractivity contribution in [1.82, 2.24) is 19.8 Å². The highest BCUT2D eigenvalue weighted by atomic mass is 16.5. The molecule has 1 aliphatic carbocycles. The molecule has 0 radical (unpaired) electrons. The number of nitrogens with one attached hydrogen (secondary N) is 1. The molecule has 13 nitrogen and oxygen atoms in total. The van der Waals surface area contributed by atoms with Crippen LogP contribution in [0.3, 0.4) is 0 Å². The standard InChI is InChI=1S/C37H42N4O9/c1-22-35(45)40(2)21-29(39-22)24-18-32(48-3)27(33(19-24)49-4)8-5-9-34(44)38-14-16-50-15-6-7-23-10-12-26-28(17-23)37(47)41(36(26)46)30-13-11-25(42)20-31(30)43/h10,12,17-19,21,30H,5-9,11,13-16,20H2,1-4H3,(H,38,44). The van der Waals surface area contributed by atoms with E-state index in [9.17, 15) is 28.8 Å². The minimum Gasteiger partial charge on any atom is -0.496 e. The molecule has 50 heavy (non-hydrogen) atoms. The van der Waals surface area contributed by atoms with Crippen molar-refractivity contribution in [1.29, 1.82) is 0 Å². The molecule has 2 aliphatic rings. The third-order valence-corrected chi connectivity index (χ3v) is 9.02. The molecule has 2 aromatic carbocycles. The van der Waals surface area contributed by atoms with Gasteiger partial charge in [0.05, 0.1) is 50.1 Å². The van der Waals surface area contributed by atoms with Crippen LogP contribution in [0.25, 0.3) is 11.3 Å². The normalized spacial score (nSPS) is 15.8. The number of nitrogens with zero attached hydrogens (tertiary/aromatic N) is 3. The number of aryl methyl sites for hydroxylation is 3. The second-order valence-electron chi connectivity index (χ2n) is 12.5. The fourth-order valence-corrected chi connectivity index (χ4v) is 6.41. The lowest BCUT2D eigenvalue weighted by Gasteiger charge is -2.27. The van der Waals surface area contributed by atoms with Crippen LogP contribution in [-0.2, 0) is 39.0 Å². The van der Waals surface area contributed by atoms with Crippen LogP contribution in [0, 0.1) is 6.92 Å². The van der Waals surface area contributed by atoms with Crippen molar-refractivity contribution in [3.8, 4) is 22.8 Å². The fourth-order valence-electron chi connectivity index (χ4n) is 6.41. The molecular weight excluding hydrogens is 644 g/mol. The SMILES string of the molecule is COc1cc(-c2cn(C)c(=O)c(C)n2)cc(OC)c1CCCC(=O)NCCOCCCc1ccc2c(c1)C(=O)N(C1CCC(=O)CC1=O)C2=O. The van der Waals surface area contributed by atoms with Gasteiger partial charge in [-0.15, -0.1) is 0 Å². The topological polar surface area (TPSA) is 163 Å². The Kier molecular flexibility index (Phi) is 11.6. The van der Waals surface area contributed by atoms with Crippen molar-refractivity contribution < 1.29 is 38.2 Å². The lowest BCUT2D eigenvalue weighted by molar-refractivity contribution is -0.132. The van der Waals surface area contributed by atoms with E-state index in [-0.39, 0.29) is 53.4 Å². The van der Waals surface area contributed by atoms with Crippen LogP contribution in [0.15, 0.2) is 41.3 Å². The number of benzene rings is 2. The first kappa shape index (κ1) is 36.1. The number of aromatic nitrogens is 2. The van der Waals surface area contributed by atoms with Crippen LogP contribution in [-0.4, -0.2) is 83.8 Å². The molecule has 264 valence electrons. The van der Waals surface area contributed by atoms with E-state index < -0.39 is 17.9 Å². The van der Waals surface area contributed by atoms with E-state index in [1.807, 2.05) is 12.1 Å². The van der Waals surface area contributed by atoms with Gasteiger partial charge in [0.15, 0.2) is 5.78 Å². The highest BCUT2D eigenvalue weighted by molar-refractivity contribution is 6.23. The third kappa shape index (κ3) is 7.99. The Balaban J connectivity index is 1.02. The zero-order valence-corrected chi connectivity index (χ0v) is 28.8. The predicted octanol–water partition coefficient (Wildman–Crippen LogP) is 3.15. The molecule has 3 aromatic rings. The highest BCUT2D eigenvalue weighted by Gasteiger charge is 2.44. The number of amides is 3. The second-order valence-corrected chi connectivity index (χ2v) is 12.5. The maximum absolute atomic E-state index is 13.1. The van der Waals surface area contributed by atoms with Gasteiger partial charge in [-0.3, -0.25) is 33.7 Å². The van der Waals surface area contributed by atoms with Crippen LogP contribution in [0.5, 0.6) is 11.5 Å². The second kappa shape index (κ2) is 16.0. The molecule has 1 N–H and O–H groups in total. The molecule has 1 aromatic heterocycles. The van der Waals surface area contributed by atoms with E-state index in [1.165, 1.54) is 4.57 Å². The van der Waals surface area contributed by atoms with Gasteiger partial charge in [0.25, 0.3) is 17.4 Å². The van der Waals surface area contributed by atoms with Gasteiger partial charge in [-0.05, 0) is 68.9 Å². The Morgan fingerprint density at radius 2 is 1.66 bits per heavy atom. The number of rotatable bonds is 15. The van der Waals surface area contributed by atoms with Crippen LogP contribution < -0.4 is 20.3 Å². The molecular formula is C37H42N4O9. The molecule has 1 aliphatic heterocycles. The number of carbonyl (C=O) groups is 5. The lowest BCUT2D eigenvalue weighted by Crippen LogP contribution is -2.47. The molecule has 5 rings (SSSR count). The molecule has 1 unspecified atom stereocenters. The third-order valence-electron chi connectivity index (χ3n) is 9.02. The lowest BCUT2D eigenvalue weighted by atomic mass is 9.92. The number of ketones is 2. The Labute approximate surface area is 289 Å². The monoisotopic (exact) mass is 686 g/mol. The van der Waals surface area contributed by atoms with Crippen molar-refractivity contribution in [3.63, 3.8) is 0 Å². The summed E-state index contributed by atoms with van der Waals surface area (Å²) < 4.78 is 18.5. The van der Waals surface area contributed by atoms with E-state index in [2.05, 4.69) is 10.3 Å². The minimum atomic E-state index is -0.884. The average Bonchev–Trinajstić information content (AvgIpc) is 3.34. The first-order valence-corrected chi connectivity index (χ1v) is 16.7. The Hall–Kier alpha value is -5.17. The van der Waals surface area contributed by atoms with Crippen LogP contribution in [0.4, 0.5) is 0 Å². The van der Waals surface area contributed by atoms with Crippen molar-refractivity contribution in [3.05, 3.63) is 74.8 Å².